The zero-order valence-corrected chi connectivity index (χ0v) is 9.84. The molecule has 1 nitrogen and oxygen atoms in total. The first-order valence-corrected chi connectivity index (χ1v) is 6.04. The molecule has 0 spiro atoms. The molecule has 0 fully saturated rings. The number of aliphatic hydroxyl groups excluding tert-OH is 1. The van der Waals surface area contributed by atoms with E-state index in [0.717, 1.165) is 11.3 Å². The normalized spacial score (nSPS) is 13.2. The van der Waals surface area contributed by atoms with Crippen LogP contribution in [0.25, 0.3) is 0 Å². The zero-order chi connectivity index (χ0) is 10.6. The Balaban J connectivity index is 2.72. The van der Waals surface area contributed by atoms with E-state index < -0.39 is 0 Å². The summed E-state index contributed by atoms with van der Waals surface area (Å²) in [5, 5.41) is 9.81. The van der Waals surface area contributed by atoms with Crippen molar-refractivity contribution >= 4 is 11.8 Å². The first-order valence-electron chi connectivity index (χ1n) is 5.06. The van der Waals surface area contributed by atoms with Crippen molar-refractivity contribution in [2.24, 2.45) is 5.92 Å². The Morgan fingerprint density at radius 1 is 1.21 bits per heavy atom. The zero-order valence-electron chi connectivity index (χ0n) is 9.03. The minimum atomic E-state index is -0.337. The summed E-state index contributed by atoms with van der Waals surface area (Å²) in [6.07, 6.45) is -0.337. The van der Waals surface area contributed by atoms with Gasteiger partial charge in [-0.25, -0.2) is 0 Å². The fourth-order valence-electron chi connectivity index (χ4n) is 1.31. The van der Waals surface area contributed by atoms with Crippen LogP contribution in [0.3, 0.4) is 0 Å². The molecule has 14 heavy (non-hydrogen) atoms. The summed E-state index contributed by atoms with van der Waals surface area (Å²) >= 11 is 1.82. The molecule has 0 amide bonds. The van der Waals surface area contributed by atoms with Gasteiger partial charge in [0.25, 0.3) is 0 Å². The van der Waals surface area contributed by atoms with Gasteiger partial charge in [-0.15, -0.1) is 11.8 Å². The molecule has 0 aromatic heterocycles. The van der Waals surface area contributed by atoms with Crippen LogP contribution >= 0.6 is 11.8 Å². The van der Waals surface area contributed by atoms with Crippen molar-refractivity contribution in [3.05, 3.63) is 29.8 Å². The van der Waals surface area contributed by atoms with Crippen molar-refractivity contribution in [2.75, 3.05) is 5.75 Å². The van der Waals surface area contributed by atoms with Gasteiger partial charge in [0.05, 0.1) is 6.10 Å². The van der Waals surface area contributed by atoms with E-state index in [9.17, 15) is 5.11 Å². The van der Waals surface area contributed by atoms with Gasteiger partial charge in [0.15, 0.2) is 0 Å². The van der Waals surface area contributed by atoms with Crippen molar-refractivity contribution in [3.8, 4) is 0 Å². The molecule has 0 bridgehead atoms. The SMILES string of the molecule is CCSc1ccc(C(O)C(C)C)cc1. The average Bonchev–Trinajstić information content (AvgIpc) is 2.18. The molecule has 1 atom stereocenters. The third kappa shape index (κ3) is 3.03. The van der Waals surface area contributed by atoms with E-state index in [4.69, 9.17) is 0 Å². The highest BCUT2D eigenvalue weighted by Crippen LogP contribution is 2.24. The van der Waals surface area contributed by atoms with Crippen molar-refractivity contribution in [1.29, 1.82) is 0 Å². The number of hydrogen-bond acceptors (Lipinski definition) is 2. The van der Waals surface area contributed by atoms with Crippen LogP contribution in [-0.2, 0) is 0 Å². The summed E-state index contributed by atoms with van der Waals surface area (Å²) in [6, 6.07) is 8.19. The lowest BCUT2D eigenvalue weighted by Crippen LogP contribution is -2.04. The van der Waals surface area contributed by atoms with Crippen molar-refractivity contribution in [3.63, 3.8) is 0 Å². The third-order valence-corrected chi connectivity index (χ3v) is 3.06. The van der Waals surface area contributed by atoms with E-state index in [1.54, 1.807) is 0 Å². The molecule has 1 N–H and O–H groups in total. The van der Waals surface area contributed by atoms with Crippen LogP contribution < -0.4 is 0 Å². The lowest BCUT2D eigenvalue weighted by Gasteiger charge is -2.14. The molecule has 0 saturated heterocycles. The molecule has 1 aromatic carbocycles. The Labute approximate surface area is 90.5 Å². The highest BCUT2D eigenvalue weighted by Gasteiger charge is 2.11. The van der Waals surface area contributed by atoms with Crippen molar-refractivity contribution < 1.29 is 5.11 Å². The first-order chi connectivity index (χ1) is 6.65. The maximum Gasteiger partial charge on any atom is 0.0812 e. The van der Waals surface area contributed by atoms with E-state index in [0.29, 0.717) is 0 Å². The Kier molecular flexibility index (Phi) is 4.49. The van der Waals surface area contributed by atoms with Gasteiger partial charge in [-0.05, 0) is 29.4 Å². The van der Waals surface area contributed by atoms with Gasteiger partial charge < -0.3 is 5.11 Å². The van der Waals surface area contributed by atoms with E-state index in [1.165, 1.54) is 4.90 Å². The van der Waals surface area contributed by atoms with Crippen LogP contribution in [0, 0.1) is 5.92 Å². The quantitative estimate of drug-likeness (QED) is 0.768. The average molecular weight is 210 g/mol. The van der Waals surface area contributed by atoms with Crippen LogP contribution in [0.15, 0.2) is 29.2 Å². The maximum atomic E-state index is 9.81. The summed E-state index contributed by atoms with van der Waals surface area (Å²) in [7, 11) is 0. The summed E-state index contributed by atoms with van der Waals surface area (Å²) < 4.78 is 0. The Hall–Kier alpha value is -0.470. The molecular formula is C12H18OS. The molecule has 0 heterocycles. The molecule has 1 rings (SSSR count). The molecule has 1 aromatic rings. The first kappa shape index (κ1) is 11.6. The van der Waals surface area contributed by atoms with Gasteiger partial charge in [0.1, 0.15) is 0 Å². The second kappa shape index (κ2) is 5.42. The monoisotopic (exact) mass is 210 g/mol. The van der Waals surface area contributed by atoms with Gasteiger partial charge in [-0.3, -0.25) is 0 Å². The number of aliphatic hydroxyl groups is 1. The Morgan fingerprint density at radius 2 is 1.79 bits per heavy atom. The fourth-order valence-corrected chi connectivity index (χ4v) is 1.97. The van der Waals surface area contributed by atoms with Crippen LogP contribution in [-0.4, -0.2) is 10.9 Å². The predicted octanol–water partition coefficient (Wildman–Crippen LogP) is 3.49. The maximum absolute atomic E-state index is 9.81. The largest absolute Gasteiger partial charge is 0.388 e. The van der Waals surface area contributed by atoms with Crippen LogP contribution in [0.5, 0.6) is 0 Å². The van der Waals surface area contributed by atoms with Gasteiger partial charge in [-0.2, -0.15) is 0 Å². The molecule has 0 aliphatic rings. The predicted molar refractivity (Wildman–Crippen MR) is 62.6 cm³/mol. The molecule has 2 heteroatoms. The highest BCUT2D eigenvalue weighted by molar-refractivity contribution is 7.99. The van der Waals surface area contributed by atoms with E-state index >= 15 is 0 Å². The van der Waals surface area contributed by atoms with Crippen LogP contribution in [0.1, 0.15) is 32.4 Å². The lowest BCUT2D eigenvalue weighted by molar-refractivity contribution is 0.127. The standard InChI is InChI=1S/C12H18OS/c1-4-14-11-7-5-10(6-8-11)12(13)9(2)3/h5-9,12-13H,4H2,1-3H3. The molecule has 1 unspecified atom stereocenters. The Bertz CT molecular complexity index is 266. The van der Waals surface area contributed by atoms with Gasteiger partial charge in [0.2, 0.25) is 0 Å². The molecule has 0 aliphatic heterocycles. The van der Waals surface area contributed by atoms with Crippen LogP contribution in [0.4, 0.5) is 0 Å². The molecule has 78 valence electrons. The lowest BCUT2D eigenvalue weighted by atomic mass is 9.99. The number of thioether (sulfide) groups is 1. The van der Waals surface area contributed by atoms with E-state index in [-0.39, 0.29) is 12.0 Å². The van der Waals surface area contributed by atoms with Gasteiger partial charge >= 0.3 is 0 Å². The topological polar surface area (TPSA) is 20.2 Å². The number of rotatable bonds is 4. The second-order valence-electron chi connectivity index (χ2n) is 3.69. The number of hydrogen-bond donors (Lipinski definition) is 1. The number of benzene rings is 1. The van der Waals surface area contributed by atoms with Gasteiger partial charge in [-0.1, -0.05) is 32.9 Å². The van der Waals surface area contributed by atoms with Crippen molar-refractivity contribution in [1.82, 2.24) is 0 Å². The summed E-state index contributed by atoms with van der Waals surface area (Å²) in [5.74, 6) is 1.37. The van der Waals surface area contributed by atoms with Gasteiger partial charge in [0, 0.05) is 4.90 Å². The van der Waals surface area contributed by atoms with E-state index in [2.05, 4.69) is 19.1 Å². The molecule has 0 aliphatic carbocycles. The summed E-state index contributed by atoms with van der Waals surface area (Å²) in [5.41, 5.74) is 1.01. The van der Waals surface area contributed by atoms with Crippen LogP contribution in [0.2, 0.25) is 0 Å². The molecule has 0 radical (unpaired) electrons. The Morgan fingerprint density at radius 3 is 2.21 bits per heavy atom. The highest BCUT2D eigenvalue weighted by atomic mass is 32.2. The smallest absolute Gasteiger partial charge is 0.0812 e. The third-order valence-electron chi connectivity index (χ3n) is 2.16. The minimum Gasteiger partial charge on any atom is -0.388 e. The summed E-state index contributed by atoms with van der Waals surface area (Å²) in [6.45, 7) is 6.19. The molecule has 0 saturated carbocycles. The molecular weight excluding hydrogens is 192 g/mol. The second-order valence-corrected chi connectivity index (χ2v) is 5.03. The minimum absolute atomic E-state index is 0.277. The van der Waals surface area contributed by atoms with E-state index in [1.807, 2.05) is 37.7 Å². The fraction of sp³-hybridized carbons (Fsp3) is 0.500. The summed E-state index contributed by atoms with van der Waals surface area (Å²) in [4.78, 5) is 1.27. The van der Waals surface area contributed by atoms with Crippen molar-refractivity contribution in [2.45, 2.75) is 31.8 Å².